The third kappa shape index (κ3) is 18.4. The maximum atomic E-state index is 10.6. The van der Waals surface area contributed by atoms with Gasteiger partial charge in [-0.2, -0.15) is 0 Å². The van der Waals surface area contributed by atoms with Crippen LogP contribution in [0.4, 0.5) is 0 Å². The zero-order chi connectivity index (χ0) is 19.0. The molecule has 0 aliphatic rings. The molecule has 0 saturated carbocycles. The Balaban J connectivity index is 3.46. The molecule has 0 aromatic heterocycles. The van der Waals surface area contributed by atoms with Gasteiger partial charge < -0.3 is 14.9 Å². The normalized spacial score (nSPS) is 14.9. The van der Waals surface area contributed by atoms with Crippen molar-refractivity contribution in [2.75, 3.05) is 6.61 Å². The van der Waals surface area contributed by atoms with E-state index in [9.17, 15) is 9.67 Å². The fraction of sp³-hybridized carbons (Fsp3) is 0.895. The van der Waals surface area contributed by atoms with E-state index in [4.69, 9.17) is 9.79 Å². The van der Waals surface area contributed by atoms with E-state index < -0.39 is 13.9 Å². The third-order valence-electron chi connectivity index (χ3n) is 4.40. The van der Waals surface area contributed by atoms with E-state index in [1.165, 1.54) is 64.2 Å². The van der Waals surface area contributed by atoms with Gasteiger partial charge in [0.1, 0.15) is 0 Å². The Morgan fingerprint density at radius 3 is 1.88 bits per heavy atom. The monoisotopic (exact) mass is 378 g/mol. The molecule has 5 nitrogen and oxygen atoms in total. The highest BCUT2D eigenvalue weighted by atomic mass is 31.2. The first-order valence-corrected chi connectivity index (χ1v) is 11.4. The summed E-state index contributed by atoms with van der Waals surface area (Å²) in [5, 5.41) is 9.87. The summed E-state index contributed by atoms with van der Waals surface area (Å²) in [4.78, 5) is 17.3. The first-order chi connectivity index (χ1) is 11.9. The van der Waals surface area contributed by atoms with Crippen LogP contribution in [0.2, 0.25) is 0 Å². The van der Waals surface area contributed by atoms with E-state index in [0.29, 0.717) is 0 Å². The van der Waals surface area contributed by atoms with Crippen LogP contribution >= 0.6 is 7.82 Å². The number of aliphatic hydroxyl groups is 1. The van der Waals surface area contributed by atoms with Crippen LogP contribution in [-0.4, -0.2) is 27.6 Å². The largest absolute Gasteiger partial charge is 0.469 e. The quantitative estimate of drug-likeness (QED) is 0.180. The van der Waals surface area contributed by atoms with E-state index in [-0.39, 0.29) is 12.5 Å². The second-order valence-electron chi connectivity index (χ2n) is 7.01. The first kappa shape index (κ1) is 24.8. The van der Waals surface area contributed by atoms with Gasteiger partial charge in [-0.25, -0.2) is 4.57 Å². The van der Waals surface area contributed by atoms with E-state index in [2.05, 4.69) is 11.4 Å². The van der Waals surface area contributed by atoms with Gasteiger partial charge in [0.25, 0.3) is 0 Å². The molecule has 0 saturated heterocycles. The zero-order valence-corrected chi connectivity index (χ0v) is 17.0. The maximum absolute atomic E-state index is 10.6. The Morgan fingerprint density at radius 2 is 1.40 bits per heavy atom. The van der Waals surface area contributed by atoms with Gasteiger partial charge in [-0.15, -0.1) is 0 Å². The molecule has 2 atom stereocenters. The molecule has 0 aliphatic carbocycles. The molecule has 0 aliphatic heterocycles. The molecule has 2 unspecified atom stereocenters. The summed E-state index contributed by atoms with van der Waals surface area (Å²) in [5.74, 6) is -0.346. The number of hydrogen-bond donors (Lipinski definition) is 3. The minimum atomic E-state index is -4.45. The van der Waals surface area contributed by atoms with E-state index in [1.807, 2.05) is 6.08 Å². The fourth-order valence-corrected chi connectivity index (χ4v) is 3.09. The molecular weight excluding hydrogens is 339 g/mol. The third-order valence-corrected chi connectivity index (χ3v) is 4.88. The molecule has 0 heterocycles. The predicted molar refractivity (Wildman–Crippen MR) is 103 cm³/mol. The number of phosphoric ester groups is 1. The van der Waals surface area contributed by atoms with Gasteiger partial charge in [0.15, 0.2) is 0 Å². The summed E-state index contributed by atoms with van der Waals surface area (Å²) in [6.45, 7) is 3.79. The maximum Gasteiger partial charge on any atom is 0.469 e. The standard InChI is InChI=1S/C19H39O5P/c1-3-4-5-6-7-8-9-10-11-12-13-14-15-16-19(20)18(2)17-24-25(21,22)23/h15-16,18-20H,3-14,17H2,1-2H3,(H2,21,22,23)/b16-15+. The van der Waals surface area contributed by atoms with Gasteiger partial charge in [-0.05, 0) is 12.8 Å². The predicted octanol–water partition coefficient (Wildman–Crippen LogP) is 5.35. The lowest BCUT2D eigenvalue weighted by Gasteiger charge is -2.15. The lowest BCUT2D eigenvalue weighted by atomic mass is 10.0. The van der Waals surface area contributed by atoms with Crippen molar-refractivity contribution in [1.29, 1.82) is 0 Å². The average molecular weight is 378 g/mol. The highest BCUT2D eigenvalue weighted by molar-refractivity contribution is 7.46. The molecule has 0 bridgehead atoms. The topological polar surface area (TPSA) is 87.0 Å². The number of aliphatic hydroxyl groups excluding tert-OH is 1. The minimum absolute atomic E-state index is 0.159. The van der Waals surface area contributed by atoms with Gasteiger partial charge >= 0.3 is 7.82 Å². The summed E-state index contributed by atoms with van der Waals surface area (Å²) in [5.41, 5.74) is 0. The molecule has 6 heteroatoms. The van der Waals surface area contributed by atoms with Gasteiger partial charge in [0.2, 0.25) is 0 Å². The fourth-order valence-electron chi connectivity index (χ4n) is 2.66. The molecule has 0 radical (unpaired) electrons. The van der Waals surface area contributed by atoms with Crippen LogP contribution in [0.1, 0.15) is 90.9 Å². The molecule has 3 N–H and O–H groups in total. The second-order valence-corrected chi connectivity index (χ2v) is 8.25. The number of rotatable bonds is 17. The Kier molecular flexibility index (Phi) is 15.9. The van der Waals surface area contributed by atoms with Crippen molar-refractivity contribution in [1.82, 2.24) is 0 Å². The molecule has 0 rings (SSSR count). The van der Waals surface area contributed by atoms with Crippen LogP contribution in [0, 0.1) is 5.92 Å². The first-order valence-electron chi connectivity index (χ1n) is 9.91. The molecule has 0 amide bonds. The molecular formula is C19H39O5P. The minimum Gasteiger partial charge on any atom is -0.389 e. The summed E-state index contributed by atoms with van der Waals surface area (Å²) in [7, 11) is -4.45. The molecule has 150 valence electrons. The van der Waals surface area contributed by atoms with Crippen LogP contribution in [0.3, 0.4) is 0 Å². The zero-order valence-electron chi connectivity index (χ0n) is 16.1. The van der Waals surface area contributed by atoms with Gasteiger partial charge in [-0.1, -0.05) is 90.2 Å². The van der Waals surface area contributed by atoms with Gasteiger partial charge in [-0.3, -0.25) is 4.52 Å². The number of phosphoric acid groups is 1. The Hall–Kier alpha value is -0.190. The second kappa shape index (κ2) is 16.0. The number of unbranched alkanes of at least 4 members (excludes halogenated alkanes) is 11. The summed E-state index contributed by atoms with van der Waals surface area (Å²) in [6.07, 6.45) is 18.3. The highest BCUT2D eigenvalue weighted by Crippen LogP contribution is 2.36. The Labute approximate surface area is 154 Å². The van der Waals surface area contributed by atoms with E-state index >= 15 is 0 Å². The molecule has 25 heavy (non-hydrogen) atoms. The lowest BCUT2D eigenvalue weighted by Crippen LogP contribution is -2.19. The smallest absolute Gasteiger partial charge is 0.389 e. The highest BCUT2D eigenvalue weighted by Gasteiger charge is 2.18. The van der Waals surface area contributed by atoms with Crippen LogP contribution in [0.5, 0.6) is 0 Å². The van der Waals surface area contributed by atoms with Crippen molar-refractivity contribution < 1.29 is 24.0 Å². The average Bonchev–Trinajstić information content (AvgIpc) is 2.56. The van der Waals surface area contributed by atoms with Crippen LogP contribution < -0.4 is 0 Å². The molecule has 0 aromatic carbocycles. The molecule has 0 spiro atoms. The number of allylic oxidation sites excluding steroid dienone is 1. The van der Waals surface area contributed by atoms with E-state index in [1.54, 1.807) is 13.0 Å². The molecule has 0 aromatic rings. The van der Waals surface area contributed by atoms with Crippen molar-refractivity contribution in [3.8, 4) is 0 Å². The Morgan fingerprint density at radius 1 is 0.920 bits per heavy atom. The summed E-state index contributed by atoms with van der Waals surface area (Å²) < 4.78 is 15.0. The van der Waals surface area contributed by atoms with Crippen LogP contribution in [0.15, 0.2) is 12.2 Å². The van der Waals surface area contributed by atoms with Crippen LogP contribution in [0.25, 0.3) is 0 Å². The Bertz CT molecular complexity index is 367. The van der Waals surface area contributed by atoms with Crippen molar-refractivity contribution in [3.63, 3.8) is 0 Å². The van der Waals surface area contributed by atoms with Crippen molar-refractivity contribution >= 4 is 7.82 Å². The summed E-state index contributed by atoms with van der Waals surface area (Å²) >= 11 is 0. The van der Waals surface area contributed by atoms with E-state index in [0.717, 1.165) is 12.8 Å². The van der Waals surface area contributed by atoms with Crippen molar-refractivity contribution in [2.45, 2.75) is 97.0 Å². The molecule has 0 fully saturated rings. The van der Waals surface area contributed by atoms with Gasteiger partial charge in [0.05, 0.1) is 12.7 Å². The van der Waals surface area contributed by atoms with Gasteiger partial charge in [0, 0.05) is 5.92 Å². The SMILES string of the molecule is CCCCCCCCCCCCC/C=C/C(O)C(C)COP(=O)(O)O. The van der Waals surface area contributed by atoms with Crippen molar-refractivity contribution in [2.24, 2.45) is 5.92 Å². The number of hydrogen-bond acceptors (Lipinski definition) is 3. The van der Waals surface area contributed by atoms with Crippen LogP contribution in [-0.2, 0) is 9.09 Å². The summed E-state index contributed by atoms with van der Waals surface area (Å²) in [6, 6.07) is 0. The van der Waals surface area contributed by atoms with Crippen molar-refractivity contribution in [3.05, 3.63) is 12.2 Å². The lowest BCUT2D eigenvalue weighted by molar-refractivity contribution is 0.101.